The van der Waals surface area contributed by atoms with Crippen molar-refractivity contribution >= 4 is 0 Å². The van der Waals surface area contributed by atoms with Gasteiger partial charge in [0.25, 0.3) is 0 Å². The lowest BCUT2D eigenvalue weighted by Crippen LogP contribution is -2.14. The molecule has 0 radical (unpaired) electrons. The molecule has 102 valence electrons. The Bertz CT molecular complexity index is 398. The number of hydrogen-bond donors (Lipinski definition) is 1. The van der Waals surface area contributed by atoms with Gasteiger partial charge in [0.1, 0.15) is 5.82 Å². The number of alkyl halides is 3. The van der Waals surface area contributed by atoms with E-state index < -0.39 is 23.6 Å². The highest BCUT2D eigenvalue weighted by atomic mass is 19.4. The van der Waals surface area contributed by atoms with Crippen molar-refractivity contribution in [3.8, 4) is 0 Å². The summed E-state index contributed by atoms with van der Waals surface area (Å²) in [6, 6.07) is 1.94. The van der Waals surface area contributed by atoms with Crippen molar-refractivity contribution in [2.24, 2.45) is 11.7 Å². The standard InChI is InChI=1S/C13H17F4N/c1-8(2)3-6-12(18)10-5-4-9(7-11(10)14)13(15,16)17/h4-5,7-8,12H,3,6,18H2,1-2H3/t12-/m0/s1. The van der Waals surface area contributed by atoms with Gasteiger partial charge in [-0.3, -0.25) is 0 Å². The summed E-state index contributed by atoms with van der Waals surface area (Å²) in [6.07, 6.45) is -3.16. The predicted octanol–water partition coefficient (Wildman–Crippen LogP) is 4.28. The minimum Gasteiger partial charge on any atom is -0.324 e. The van der Waals surface area contributed by atoms with Crippen LogP contribution in [0.1, 0.15) is 43.9 Å². The van der Waals surface area contributed by atoms with Crippen molar-refractivity contribution in [3.05, 3.63) is 35.1 Å². The summed E-state index contributed by atoms with van der Waals surface area (Å²) < 4.78 is 50.6. The van der Waals surface area contributed by atoms with Crippen LogP contribution in [-0.2, 0) is 6.18 Å². The van der Waals surface area contributed by atoms with E-state index in [1.165, 1.54) is 0 Å². The number of halogens is 4. The van der Waals surface area contributed by atoms with Gasteiger partial charge in [0.15, 0.2) is 0 Å². The SMILES string of the molecule is CC(C)CC[C@H](N)c1ccc(C(F)(F)F)cc1F. The van der Waals surface area contributed by atoms with Crippen molar-refractivity contribution in [3.63, 3.8) is 0 Å². The fourth-order valence-electron chi connectivity index (χ4n) is 1.67. The first kappa shape index (κ1) is 15.0. The van der Waals surface area contributed by atoms with Gasteiger partial charge in [-0.1, -0.05) is 19.9 Å². The Morgan fingerprint density at radius 1 is 1.17 bits per heavy atom. The molecule has 0 bridgehead atoms. The van der Waals surface area contributed by atoms with Crippen molar-refractivity contribution in [1.82, 2.24) is 0 Å². The second kappa shape index (κ2) is 5.69. The van der Waals surface area contributed by atoms with E-state index in [4.69, 9.17) is 5.73 Å². The van der Waals surface area contributed by atoms with E-state index >= 15 is 0 Å². The molecular formula is C13H17F4N. The van der Waals surface area contributed by atoms with Gasteiger partial charge in [-0.15, -0.1) is 0 Å². The average molecular weight is 263 g/mol. The zero-order valence-corrected chi connectivity index (χ0v) is 10.4. The Hall–Kier alpha value is -1.10. The molecule has 5 heteroatoms. The van der Waals surface area contributed by atoms with Crippen molar-refractivity contribution in [1.29, 1.82) is 0 Å². The van der Waals surface area contributed by atoms with Crippen LogP contribution in [0.4, 0.5) is 17.6 Å². The molecule has 1 nitrogen and oxygen atoms in total. The maximum Gasteiger partial charge on any atom is 0.416 e. The molecule has 0 amide bonds. The van der Waals surface area contributed by atoms with Crippen LogP contribution in [0.2, 0.25) is 0 Å². The highest BCUT2D eigenvalue weighted by molar-refractivity contribution is 5.28. The zero-order chi connectivity index (χ0) is 13.9. The molecule has 0 saturated heterocycles. The van der Waals surface area contributed by atoms with Gasteiger partial charge in [-0.05, 0) is 30.9 Å². The van der Waals surface area contributed by atoms with E-state index in [9.17, 15) is 17.6 Å². The molecule has 0 heterocycles. The average Bonchev–Trinajstić information content (AvgIpc) is 2.24. The summed E-state index contributed by atoms with van der Waals surface area (Å²) in [6.45, 7) is 4.02. The minimum absolute atomic E-state index is 0.142. The molecular weight excluding hydrogens is 246 g/mol. The number of benzene rings is 1. The van der Waals surface area contributed by atoms with E-state index in [1.807, 2.05) is 13.8 Å². The Morgan fingerprint density at radius 2 is 1.78 bits per heavy atom. The fourth-order valence-corrected chi connectivity index (χ4v) is 1.67. The van der Waals surface area contributed by atoms with Gasteiger partial charge < -0.3 is 5.73 Å². The third-order valence-corrected chi connectivity index (χ3v) is 2.78. The van der Waals surface area contributed by atoms with Crippen molar-refractivity contribution in [2.75, 3.05) is 0 Å². The molecule has 0 aliphatic carbocycles. The first-order valence-electron chi connectivity index (χ1n) is 5.84. The molecule has 0 fully saturated rings. The van der Waals surface area contributed by atoms with Crippen LogP contribution in [-0.4, -0.2) is 0 Å². The lowest BCUT2D eigenvalue weighted by atomic mass is 9.97. The van der Waals surface area contributed by atoms with Crippen LogP contribution < -0.4 is 5.73 Å². The summed E-state index contributed by atoms with van der Waals surface area (Å²) in [5.74, 6) is -0.463. The summed E-state index contributed by atoms with van der Waals surface area (Å²) in [5.41, 5.74) is 4.94. The highest BCUT2D eigenvalue weighted by Gasteiger charge is 2.31. The smallest absolute Gasteiger partial charge is 0.324 e. The predicted molar refractivity (Wildman–Crippen MR) is 62.4 cm³/mol. The quantitative estimate of drug-likeness (QED) is 0.806. The minimum atomic E-state index is -4.53. The second-order valence-electron chi connectivity index (χ2n) is 4.81. The highest BCUT2D eigenvalue weighted by Crippen LogP contribution is 2.31. The molecule has 0 saturated carbocycles. The Morgan fingerprint density at radius 3 is 2.22 bits per heavy atom. The molecule has 1 aromatic carbocycles. The molecule has 0 aromatic heterocycles. The third kappa shape index (κ3) is 3.98. The Kier molecular flexibility index (Phi) is 4.73. The number of hydrogen-bond acceptors (Lipinski definition) is 1. The number of nitrogens with two attached hydrogens (primary N) is 1. The van der Waals surface area contributed by atoms with E-state index in [1.54, 1.807) is 0 Å². The second-order valence-corrected chi connectivity index (χ2v) is 4.81. The monoisotopic (exact) mass is 263 g/mol. The van der Waals surface area contributed by atoms with Gasteiger partial charge >= 0.3 is 6.18 Å². The van der Waals surface area contributed by atoms with Gasteiger partial charge in [-0.25, -0.2) is 4.39 Å². The summed E-state index contributed by atoms with van der Waals surface area (Å²) >= 11 is 0. The fraction of sp³-hybridized carbons (Fsp3) is 0.538. The molecule has 18 heavy (non-hydrogen) atoms. The van der Waals surface area contributed by atoms with E-state index in [2.05, 4.69) is 0 Å². The Balaban J connectivity index is 2.85. The molecule has 0 spiro atoms. The van der Waals surface area contributed by atoms with Gasteiger partial charge in [-0.2, -0.15) is 13.2 Å². The largest absolute Gasteiger partial charge is 0.416 e. The molecule has 0 aliphatic rings. The summed E-state index contributed by atoms with van der Waals surface area (Å²) in [4.78, 5) is 0. The lowest BCUT2D eigenvalue weighted by Gasteiger charge is -2.15. The molecule has 0 unspecified atom stereocenters. The van der Waals surface area contributed by atoms with Gasteiger partial charge in [0.2, 0.25) is 0 Å². The van der Waals surface area contributed by atoms with Crippen molar-refractivity contribution in [2.45, 2.75) is 38.9 Å². The molecule has 0 aliphatic heterocycles. The van der Waals surface area contributed by atoms with Crippen molar-refractivity contribution < 1.29 is 17.6 Å². The summed E-state index contributed by atoms with van der Waals surface area (Å²) in [7, 11) is 0. The first-order valence-corrected chi connectivity index (χ1v) is 5.84. The van der Waals surface area contributed by atoms with Gasteiger partial charge in [0.05, 0.1) is 5.56 Å². The van der Waals surface area contributed by atoms with E-state index in [0.29, 0.717) is 18.4 Å². The zero-order valence-electron chi connectivity index (χ0n) is 10.4. The van der Waals surface area contributed by atoms with Crippen LogP contribution in [0.5, 0.6) is 0 Å². The van der Waals surface area contributed by atoms with E-state index in [0.717, 1.165) is 18.6 Å². The van der Waals surface area contributed by atoms with Crippen LogP contribution in [0.25, 0.3) is 0 Å². The van der Waals surface area contributed by atoms with Crippen LogP contribution in [0, 0.1) is 11.7 Å². The van der Waals surface area contributed by atoms with Gasteiger partial charge in [0, 0.05) is 11.6 Å². The first-order chi connectivity index (χ1) is 8.21. The van der Waals surface area contributed by atoms with Crippen LogP contribution >= 0.6 is 0 Å². The topological polar surface area (TPSA) is 26.0 Å². The summed E-state index contributed by atoms with van der Waals surface area (Å²) in [5, 5.41) is 0. The van der Waals surface area contributed by atoms with Crippen LogP contribution in [0.3, 0.4) is 0 Å². The number of rotatable bonds is 4. The Labute approximate surface area is 104 Å². The lowest BCUT2D eigenvalue weighted by molar-refractivity contribution is -0.137. The normalized spacial score (nSPS) is 14.0. The van der Waals surface area contributed by atoms with Crippen LogP contribution in [0.15, 0.2) is 18.2 Å². The molecule has 1 aromatic rings. The maximum absolute atomic E-state index is 13.6. The molecule has 1 rings (SSSR count). The molecule has 2 N–H and O–H groups in total. The third-order valence-electron chi connectivity index (χ3n) is 2.78. The molecule has 1 atom stereocenters. The maximum atomic E-state index is 13.6. The van der Waals surface area contributed by atoms with E-state index in [-0.39, 0.29) is 5.56 Å².